The maximum atomic E-state index is 11.9. The molecule has 3 N–H and O–H groups in total. The van der Waals surface area contributed by atoms with Gasteiger partial charge in [0.05, 0.1) is 17.8 Å². The van der Waals surface area contributed by atoms with Gasteiger partial charge in [-0.3, -0.25) is 0 Å². The van der Waals surface area contributed by atoms with E-state index in [1.165, 1.54) is 7.11 Å². The summed E-state index contributed by atoms with van der Waals surface area (Å²) in [5.41, 5.74) is 0.349. The molecule has 116 valence electrons. The molecule has 0 saturated heterocycles. The topological polar surface area (TPSA) is 87.7 Å². The predicted octanol–water partition coefficient (Wildman–Crippen LogP) is 2.97. The van der Waals surface area contributed by atoms with E-state index in [9.17, 15) is 9.59 Å². The van der Waals surface area contributed by atoms with Gasteiger partial charge in [0.2, 0.25) is 0 Å². The number of anilines is 1. The molecule has 21 heavy (non-hydrogen) atoms. The Bertz CT molecular complexity index is 522. The fourth-order valence-electron chi connectivity index (χ4n) is 1.71. The van der Waals surface area contributed by atoms with Crippen LogP contribution >= 0.6 is 11.6 Å². The summed E-state index contributed by atoms with van der Waals surface area (Å²) >= 11 is 5.97. The Morgan fingerprint density at radius 1 is 1.43 bits per heavy atom. The normalized spacial score (nSPS) is 13.1. The Labute approximate surface area is 128 Å². The second kappa shape index (κ2) is 7.73. The highest BCUT2D eigenvalue weighted by atomic mass is 35.5. The molecular formula is C14H19ClN2O4. The zero-order valence-corrected chi connectivity index (χ0v) is 12.9. The summed E-state index contributed by atoms with van der Waals surface area (Å²) in [7, 11) is 1.50. The van der Waals surface area contributed by atoms with Crippen molar-refractivity contribution >= 4 is 29.3 Å². The molecule has 2 atom stereocenters. The molecule has 0 radical (unpaired) electrons. The molecule has 2 amide bonds. The third kappa shape index (κ3) is 4.82. The van der Waals surface area contributed by atoms with Crippen LogP contribution in [0.15, 0.2) is 18.2 Å². The van der Waals surface area contributed by atoms with Crippen molar-refractivity contribution in [3.05, 3.63) is 23.2 Å². The molecule has 1 aromatic carbocycles. The highest BCUT2D eigenvalue weighted by molar-refractivity contribution is 6.33. The molecule has 0 aromatic heterocycles. The smallest absolute Gasteiger partial charge is 0.326 e. The van der Waals surface area contributed by atoms with Gasteiger partial charge >= 0.3 is 12.0 Å². The van der Waals surface area contributed by atoms with E-state index in [0.29, 0.717) is 22.9 Å². The van der Waals surface area contributed by atoms with Crippen molar-refractivity contribution < 1.29 is 19.4 Å². The zero-order chi connectivity index (χ0) is 16.0. The first-order valence-corrected chi connectivity index (χ1v) is 6.90. The maximum Gasteiger partial charge on any atom is 0.326 e. The van der Waals surface area contributed by atoms with Gasteiger partial charge < -0.3 is 20.5 Å². The molecule has 0 spiro atoms. The van der Waals surface area contributed by atoms with Gasteiger partial charge in [-0.2, -0.15) is 0 Å². The number of rotatable bonds is 6. The number of urea groups is 1. The summed E-state index contributed by atoms with van der Waals surface area (Å²) in [4.78, 5) is 23.1. The van der Waals surface area contributed by atoms with Gasteiger partial charge in [-0.25, -0.2) is 9.59 Å². The number of carbonyl (C=O) groups excluding carboxylic acids is 1. The first-order chi connectivity index (χ1) is 9.88. The van der Waals surface area contributed by atoms with Gasteiger partial charge in [0, 0.05) is 6.07 Å². The Kier molecular flexibility index (Phi) is 6.30. The average Bonchev–Trinajstić information content (AvgIpc) is 2.46. The zero-order valence-electron chi connectivity index (χ0n) is 12.1. The summed E-state index contributed by atoms with van der Waals surface area (Å²) in [6.07, 6.45) is 0.636. The highest BCUT2D eigenvalue weighted by Crippen LogP contribution is 2.26. The van der Waals surface area contributed by atoms with Gasteiger partial charge in [0.1, 0.15) is 11.8 Å². The molecule has 1 aromatic rings. The van der Waals surface area contributed by atoms with E-state index in [1.54, 1.807) is 25.1 Å². The first-order valence-electron chi connectivity index (χ1n) is 6.52. The predicted molar refractivity (Wildman–Crippen MR) is 81.0 cm³/mol. The number of halogens is 1. The minimum absolute atomic E-state index is 0.186. The molecule has 7 heteroatoms. The minimum atomic E-state index is -1.07. The van der Waals surface area contributed by atoms with Gasteiger partial charge in [0.15, 0.2) is 0 Å². The van der Waals surface area contributed by atoms with Crippen LogP contribution in [0.1, 0.15) is 20.3 Å². The summed E-state index contributed by atoms with van der Waals surface area (Å²) in [5, 5.41) is 14.4. The summed E-state index contributed by atoms with van der Waals surface area (Å²) in [6.45, 7) is 3.62. The standard InChI is InChI=1S/C14H19ClN2O4/c1-4-8(2)12(13(18)19)17-14(20)16-11-7-9(21-3)5-6-10(11)15/h5-8,12H,4H2,1-3H3,(H,18,19)(H2,16,17,20). The number of nitrogens with one attached hydrogen (secondary N) is 2. The number of benzene rings is 1. The maximum absolute atomic E-state index is 11.9. The van der Waals surface area contributed by atoms with Crippen LogP contribution in [0.5, 0.6) is 5.75 Å². The molecule has 0 saturated carbocycles. The number of carboxylic acid groups (broad SMARTS) is 1. The van der Waals surface area contributed by atoms with Crippen LogP contribution in [0, 0.1) is 5.92 Å². The van der Waals surface area contributed by atoms with E-state index in [4.69, 9.17) is 21.4 Å². The van der Waals surface area contributed by atoms with Gasteiger partial charge in [-0.05, 0) is 18.1 Å². The second-order valence-corrected chi connectivity index (χ2v) is 5.05. The Morgan fingerprint density at radius 3 is 2.62 bits per heavy atom. The molecule has 0 aliphatic rings. The first kappa shape index (κ1) is 17.1. The Morgan fingerprint density at radius 2 is 2.10 bits per heavy atom. The SMILES string of the molecule is CCC(C)C(NC(=O)Nc1cc(OC)ccc1Cl)C(=O)O. The van der Waals surface area contributed by atoms with Crippen molar-refractivity contribution in [2.75, 3.05) is 12.4 Å². The lowest BCUT2D eigenvalue weighted by Gasteiger charge is -2.20. The second-order valence-electron chi connectivity index (χ2n) is 4.65. The largest absolute Gasteiger partial charge is 0.497 e. The van der Waals surface area contributed by atoms with E-state index >= 15 is 0 Å². The van der Waals surface area contributed by atoms with E-state index in [2.05, 4.69) is 10.6 Å². The molecule has 0 bridgehead atoms. The molecule has 0 heterocycles. The van der Waals surface area contributed by atoms with Crippen molar-refractivity contribution in [2.24, 2.45) is 5.92 Å². The quantitative estimate of drug-likeness (QED) is 0.753. The minimum Gasteiger partial charge on any atom is -0.497 e. The Balaban J connectivity index is 2.79. The number of ether oxygens (including phenoxy) is 1. The molecule has 0 aliphatic carbocycles. The number of hydrogen-bond acceptors (Lipinski definition) is 3. The van der Waals surface area contributed by atoms with Crippen LogP contribution in [0.3, 0.4) is 0 Å². The molecule has 0 aliphatic heterocycles. The number of hydrogen-bond donors (Lipinski definition) is 3. The van der Waals surface area contributed by atoms with Crippen LogP contribution in [0.2, 0.25) is 5.02 Å². The monoisotopic (exact) mass is 314 g/mol. The lowest BCUT2D eigenvalue weighted by Crippen LogP contribution is -2.46. The number of carboxylic acids is 1. The van der Waals surface area contributed by atoms with Crippen LogP contribution in [0.4, 0.5) is 10.5 Å². The number of aliphatic carboxylic acids is 1. The van der Waals surface area contributed by atoms with Crippen LogP contribution in [-0.2, 0) is 4.79 Å². The molecule has 6 nitrogen and oxygen atoms in total. The van der Waals surface area contributed by atoms with Gasteiger partial charge in [0.25, 0.3) is 0 Å². The van der Waals surface area contributed by atoms with Crippen molar-refractivity contribution in [3.8, 4) is 5.75 Å². The number of amides is 2. The van der Waals surface area contributed by atoms with Gasteiger partial charge in [-0.15, -0.1) is 0 Å². The average molecular weight is 315 g/mol. The van der Waals surface area contributed by atoms with Crippen molar-refractivity contribution in [1.29, 1.82) is 0 Å². The molecular weight excluding hydrogens is 296 g/mol. The van der Waals surface area contributed by atoms with E-state index in [-0.39, 0.29) is 5.92 Å². The fraction of sp³-hybridized carbons (Fsp3) is 0.429. The highest BCUT2D eigenvalue weighted by Gasteiger charge is 2.25. The number of methoxy groups -OCH3 is 1. The lowest BCUT2D eigenvalue weighted by atomic mass is 9.99. The van der Waals surface area contributed by atoms with E-state index in [1.807, 2.05) is 6.92 Å². The molecule has 2 unspecified atom stereocenters. The Hall–Kier alpha value is -1.95. The van der Waals surface area contributed by atoms with Crippen molar-refractivity contribution in [1.82, 2.24) is 5.32 Å². The molecule has 1 rings (SSSR count). The van der Waals surface area contributed by atoms with Crippen molar-refractivity contribution in [2.45, 2.75) is 26.3 Å². The number of carbonyl (C=O) groups is 2. The summed E-state index contributed by atoms with van der Waals surface area (Å²) in [6, 6.07) is 3.21. The summed E-state index contributed by atoms with van der Waals surface area (Å²) in [5.74, 6) is -0.725. The lowest BCUT2D eigenvalue weighted by molar-refractivity contribution is -0.140. The molecule has 0 fully saturated rings. The van der Waals surface area contributed by atoms with Crippen molar-refractivity contribution in [3.63, 3.8) is 0 Å². The third-order valence-corrected chi connectivity index (χ3v) is 3.52. The third-order valence-electron chi connectivity index (χ3n) is 3.19. The van der Waals surface area contributed by atoms with E-state index in [0.717, 1.165) is 0 Å². The fourth-order valence-corrected chi connectivity index (χ4v) is 1.87. The van der Waals surface area contributed by atoms with Crippen LogP contribution < -0.4 is 15.4 Å². The summed E-state index contributed by atoms with van der Waals surface area (Å²) < 4.78 is 5.04. The van der Waals surface area contributed by atoms with Crippen LogP contribution in [-0.4, -0.2) is 30.3 Å². The van der Waals surface area contributed by atoms with E-state index < -0.39 is 18.0 Å². The van der Waals surface area contributed by atoms with Gasteiger partial charge in [-0.1, -0.05) is 31.9 Å². The van der Waals surface area contributed by atoms with Crippen LogP contribution in [0.25, 0.3) is 0 Å².